The van der Waals surface area contributed by atoms with E-state index in [4.69, 9.17) is 5.11 Å². The fourth-order valence-corrected chi connectivity index (χ4v) is 1.52. The number of phenolic OH excluding ortho intramolecular Hbond substituents is 2. The van der Waals surface area contributed by atoms with Crippen LogP contribution in [0.3, 0.4) is 0 Å². The molecule has 0 bridgehead atoms. The summed E-state index contributed by atoms with van der Waals surface area (Å²) in [6.45, 7) is 0. The first kappa shape index (κ1) is 9.33. The molecule has 4 nitrogen and oxygen atoms in total. The van der Waals surface area contributed by atoms with Crippen LogP contribution in [-0.4, -0.2) is 21.3 Å². The van der Waals surface area contributed by atoms with Crippen molar-refractivity contribution in [1.82, 2.24) is 0 Å². The monoisotopic (exact) mass is 204 g/mol. The lowest BCUT2D eigenvalue weighted by molar-refractivity contribution is 0.0698. The molecule has 0 aromatic heterocycles. The lowest BCUT2D eigenvalue weighted by Crippen LogP contribution is -1.97. The Bertz CT molecular complexity index is 546. The van der Waals surface area contributed by atoms with Crippen LogP contribution >= 0.6 is 0 Å². The zero-order chi connectivity index (χ0) is 11.0. The maximum Gasteiger partial charge on any atom is 0.336 e. The fourth-order valence-electron chi connectivity index (χ4n) is 1.52. The first-order valence-corrected chi connectivity index (χ1v) is 4.28. The van der Waals surface area contributed by atoms with Crippen molar-refractivity contribution in [2.24, 2.45) is 0 Å². The Morgan fingerprint density at radius 3 is 2.27 bits per heavy atom. The summed E-state index contributed by atoms with van der Waals surface area (Å²) in [6, 6.07) is 7.51. The highest BCUT2D eigenvalue weighted by Gasteiger charge is 2.14. The zero-order valence-corrected chi connectivity index (χ0v) is 7.64. The fraction of sp³-hybridized carbons (Fsp3) is 0. The molecule has 0 aliphatic carbocycles. The minimum absolute atomic E-state index is 0.0269. The zero-order valence-electron chi connectivity index (χ0n) is 7.64. The number of hydrogen-bond donors (Lipinski definition) is 3. The number of aromatic carboxylic acids is 1. The van der Waals surface area contributed by atoms with Crippen molar-refractivity contribution >= 4 is 16.7 Å². The number of fused-ring (bicyclic) bond motifs is 1. The van der Waals surface area contributed by atoms with Gasteiger partial charge in [0.1, 0.15) is 0 Å². The van der Waals surface area contributed by atoms with Crippen LogP contribution in [0.25, 0.3) is 10.8 Å². The van der Waals surface area contributed by atoms with Crippen LogP contribution in [0.15, 0.2) is 30.3 Å². The number of carboxylic acid groups (broad SMARTS) is 1. The van der Waals surface area contributed by atoms with Crippen LogP contribution in [0.1, 0.15) is 10.4 Å². The molecule has 0 radical (unpaired) electrons. The largest absolute Gasteiger partial charge is 0.504 e. The molecule has 0 heterocycles. The number of aromatic hydroxyl groups is 2. The molecule has 0 unspecified atom stereocenters. The van der Waals surface area contributed by atoms with E-state index in [0.717, 1.165) is 6.07 Å². The molecule has 76 valence electrons. The second-order valence-corrected chi connectivity index (χ2v) is 3.14. The van der Waals surface area contributed by atoms with Gasteiger partial charge in [0.15, 0.2) is 11.5 Å². The predicted octanol–water partition coefficient (Wildman–Crippen LogP) is 1.95. The molecular weight excluding hydrogens is 196 g/mol. The van der Waals surface area contributed by atoms with E-state index < -0.39 is 11.7 Å². The van der Waals surface area contributed by atoms with Gasteiger partial charge in [-0.05, 0) is 6.07 Å². The summed E-state index contributed by atoms with van der Waals surface area (Å²) in [5.41, 5.74) is -0.0269. The average molecular weight is 204 g/mol. The Kier molecular flexibility index (Phi) is 1.97. The molecule has 0 saturated carbocycles. The topological polar surface area (TPSA) is 77.8 Å². The molecule has 0 saturated heterocycles. The average Bonchev–Trinajstić information content (AvgIpc) is 2.23. The van der Waals surface area contributed by atoms with Gasteiger partial charge in [-0.3, -0.25) is 0 Å². The lowest BCUT2D eigenvalue weighted by atomic mass is 10.0. The maximum absolute atomic E-state index is 10.9. The smallest absolute Gasteiger partial charge is 0.336 e. The van der Waals surface area contributed by atoms with Gasteiger partial charge in [-0.15, -0.1) is 0 Å². The third-order valence-corrected chi connectivity index (χ3v) is 2.23. The third kappa shape index (κ3) is 1.36. The van der Waals surface area contributed by atoms with Crippen LogP contribution in [-0.2, 0) is 0 Å². The van der Waals surface area contributed by atoms with E-state index in [-0.39, 0.29) is 11.3 Å². The Labute approximate surface area is 85.0 Å². The molecular formula is C11H8O4. The van der Waals surface area contributed by atoms with Crippen molar-refractivity contribution in [2.75, 3.05) is 0 Å². The number of phenols is 2. The number of carbonyl (C=O) groups is 1. The first-order valence-electron chi connectivity index (χ1n) is 4.28. The number of rotatable bonds is 1. The van der Waals surface area contributed by atoms with E-state index in [0.29, 0.717) is 10.8 Å². The Morgan fingerprint density at radius 1 is 1.07 bits per heavy atom. The van der Waals surface area contributed by atoms with E-state index >= 15 is 0 Å². The van der Waals surface area contributed by atoms with Crippen molar-refractivity contribution in [3.63, 3.8) is 0 Å². The maximum atomic E-state index is 10.9. The summed E-state index contributed by atoms with van der Waals surface area (Å²) >= 11 is 0. The Hall–Kier alpha value is -2.23. The third-order valence-electron chi connectivity index (χ3n) is 2.23. The molecule has 3 N–H and O–H groups in total. The van der Waals surface area contributed by atoms with E-state index in [9.17, 15) is 15.0 Å². The van der Waals surface area contributed by atoms with Crippen molar-refractivity contribution in [2.45, 2.75) is 0 Å². The number of hydrogen-bond acceptors (Lipinski definition) is 3. The molecule has 0 aliphatic rings. The van der Waals surface area contributed by atoms with Crippen LogP contribution in [0.5, 0.6) is 11.5 Å². The van der Waals surface area contributed by atoms with Crippen LogP contribution in [0, 0.1) is 0 Å². The second kappa shape index (κ2) is 3.16. The van der Waals surface area contributed by atoms with Gasteiger partial charge in [0.05, 0.1) is 5.56 Å². The van der Waals surface area contributed by atoms with Gasteiger partial charge in [-0.25, -0.2) is 4.79 Å². The van der Waals surface area contributed by atoms with Crippen LogP contribution in [0.2, 0.25) is 0 Å². The molecule has 2 rings (SSSR count). The summed E-state index contributed by atoms with van der Waals surface area (Å²) in [5.74, 6) is -1.86. The van der Waals surface area contributed by atoms with E-state index in [1.54, 1.807) is 24.3 Å². The van der Waals surface area contributed by atoms with Gasteiger partial charge in [0.2, 0.25) is 0 Å². The number of carboxylic acids is 1. The molecule has 0 spiro atoms. The lowest BCUT2D eigenvalue weighted by Gasteiger charge is -2.06. The second-order valence-electron chi connectivity index (χ2n) is 3.14. The molecule has 2 aromatic carbocycles. The summed E-state index contributed by atoms with van der Waals surface area (Å²) in [4.78, 5) is 10.9. The van der Waals surface area contributed by atoms with Gasteiger partial charge in [-0.1, -0.05) is 24.3 Å². The van der Waals surface area contributed by atoms with E-state index in [1.807, 2.05) is 0 Å². The minimum atomic E-state index is -1.14. The number of benzene rings is 2. The summed E-state index contributed by atoms with van der Waals surface area (Å²) in [7, 11) is 0. The van der Waals surface area contributed by atoms with E-state index in [2.05, 4.69) is 0 Å². The molecule has 0 amide bonds. The highest BCUT2D eigenvalue weighted by Crippen LogP contribution is 2.35. The van der Waals surface area contributed by atoms with Crippen LogP contribution in [0.4, 0.5) is 0 Å². The van der Waals surface area contributed by atoms with Crippen molar-refractivity contribution in [1.29, 1.82) is 0 Å². The highest BCUT2D eigenvalue weighted by molar-refractivity contribution is 6.06. The molecule has 15 heavy (non-hydrogen) atoms. The summed E-state index contributed by atoms with van der Waals surface area (Å²) in [5, 5.41) is 28.5. The van der Waals surface area contributed by atoms with Gasteiger partial charge in [0.25, 0.3) is 0 Å². The first-order chi connectivity index (χ1) is 7.11. The quantitative estimate of drug-likeness (QED) is 0.620. The summed E-state index contributed by atoms with van der Waals surface area (Å²) in [6.07, 6.45) is 0. The standard InChI is InChI=1S/C11H8O4/c12-9-5-8(11(14)15)6-3-1-2-4-7(6)10(9)13/h1-5,12-13H,(H,14,15). The van der Waals surface area contributed by atoms with Gasteiger partial charge in [0, 0.05) is 10.8 Å². The van der Waals surface area contributed by atoms with Crippen molar-refractivity contribution in [3.05, 3.63) is 35.9 Å². The van der Waals surface area contributed by atoms with Gasteiger partial charge < -0.3 is 15.3 Å². The molecule has 0 aliphatic heterocycles. The van der Waals surface area contributed by atoms with Crippen molar-refractivity contribution < 1.29 is 20.1 Å². The molecule has 4 heteroatoms. The molecule has 2 aromatic rings. The molecule has 0 atom stereocenters. The summed E-state index contributed by atoms with van der Waals surface area (Å²) < 4.78 is 0. The predicted molar refractivity (Wildman–Crippen MR) is 54.2 cm³/mol. The minimum Gasteiger partial charge on any atom is -0.504 e. The molecule has 0 fully saturated rings. The normalized spacial score (nSPS) is 10.4. The van der Waals surface area contributed by atoms with Crippen LogP contribution < -0.4 is 0 Å². The van der Waals surface area contributed by atoms with Crippen molar-refractivity contribution in [3.8, 4) is 11.5 Å². The van der Waals surface area contributed by atoms with Gasteiger partial charge >= 0.3 is 5.97 Å². The van der Waals surface area contributed by atoms with E-state index in [1.165, 1.54) is 0 Å². The van der Waals surface area contributed by atoms with Gasteiger partial charge in [-0.2, -0.15) is 0 Å². The highest BCUT2D eigenvalue weighted by atomic mass is 16.4. The SMILES string of the molecule is O=C(O)c1cc(O)c(O)c2ccccc12. The Morgan fingerprint density at radius 2 is 1.67 bits per heavy atom. The Balaban J connectivity index is 2.94.